The van der Waals surface area contributed by atoms with Crippen LogP contribution in [-0.2, 0) is 16.0 Å². The van der Waals surface area contributed by atoms with Gasteiger partial charge in [0.1, 0.15) is 5.52 Å². The normalized spacial score (nSPS) is 19.6. The molecule has 9 heteroatoms. The van der Waals surface area contributed by atoms with E-state index in [2.05, 4.69) is 20.0 Å². The molecule has 2 aliphatic rings. The number of hydrazone groups is 1. The molecule has 3 aromatic rings. The Labute approximate surface area is 192 Å². The highest BCUT2D eigenvalue weighted by Gasteiger charge is 2.22. The lowest BCUT2D eigenvalue weighted by atomic mass is 10.1. The predicted molar refractivity (Wildman–Crippen MR) is 127 cm³/mol. The van der Waals surface area contributed by atoms with Gasteiger partial charge in [0.15, 0.2) is 11.5 Å². The summed E-state index contributed by atoms with van der Waals surface area (Å²) in [6.07, 6.45) is 2.96. The molecule has 8 nitrogen and oxygen atoms in total. The number of nitrogens with zero attached hydrogens (tertiary/aromatic N) is 5. The molecule has 2 fully saturated rings. The standard InChI is InChI=1S/C23H27ClN6O2/c1-16(18-3-2-4-19(24)11-18)27-28-21-12-20(29-6-9-31-10-7-29)22-23(26-21)30(15-25-22)13-17-5-8-32-14-17/h2-4,11-12,15,17H,5-10,13-14H2,1H3,(H,26,28)/b27-16+/t17-/m0/s1. The first kappa shape index (κ1) is 21.2. The molecule has 168 valence electrons. The van der Waals surface area contributed by atoms with E-state index in [-0.39, 0.29) is 0 Å². The number of benzene rings is 1. The number of halogens is 1. The number of hydrogen-bond acceptors (Lipinski definition) is 7. The maximum atomic E-state index is 6.13. The second-order valence-corrected chi connectivity index (χ2v) is 8.68. The Bertz CT molecular complexity index is 1120. The highest BCUT2D eigenvalue weighted by molar-refractivity contribution is 6.31. The Morgan fingerprint density at radius 2 is 2.09 bits per heavy atom. The van der Waals surface area contributed by atoms with Gasteiger partial charge in [-0.1, -0.05) is 23.7 Å². The SMILES string of the molecule is C/C(=N\Nc1cc(N2CCOCC2)c2ncn(C[C@@H]3CCOC3)c2n1)c1cccc(Cl)c1. The summed E-state index contributed by atoms with van der Waals surface area (Å²) >= 11 is 6.13. The van der Waals surface area contributed by atoms with Crippen molar-refractivity contribution in [3.8, 4) is 0 Å². The van der Waals surface area contributed by atoms with Gasteiger partial charge in [0, 0.05) is 43.2 Å². The van der Waals surface area contributed by atoms with Crippen LogP contribution in [0.25, 0.3) is 11.2 Å². The minimum atomic E-state index is 0.487. The molecule has 0 bridgehead atoms. The van der Waals surface area contributed by atoms with Crippen LogP contribution in [0.1, 0.15) is 18.9 Å². The van der Waals surface area contributed by atoms with E-state index in [0.717, 1.165) is 67.4 Å². The van der Waals surface area contributed by atoms with Gasteiger partial charge in [-0.05, 0) is 31.0 Å². The summed E-state index contributed by atoms with van der Waals surface area (Å²) in [5, 5.41) is 5.25. The van der Waals surface area contributed by atoms with Gasteiger partial charge in [0.05, 0.1) is 37.5 Å². The van der Waals surface area contributed by atoms with E-state index >= 15 is 0 Å². The van der Waals surface area contributed by atoms with Crippen LogP contribution >= 0.6 is 11.6 Å². The van der Waals surface area contributed by atoms with Gasteiger partial charge in [-0.3, -0.25) is 5.43 Å². The summed E-state index contributed by atoms with van der Waals surface area (Å²) in [6, 6.07) is 9.69. The molecule has 2 saturated heterocycles. The largest absolute Gasteiger partial charge is 0.381 e. The number of anilines is 2. The number of pyridine rings is 1. The zero-order valence-corrected chi connectivity index (χ0v) is 18.9. The van der Waals surface area contributed by atoms with Crippen molar-refractivity contribution in [2.45, 2.75) is 19.9 Å². The molecule has 4 heterocycles. The molecular weight excluding hydrogens is 428 g/mol. The molecule has 5 rings (SSSR count). The Morgan fingerprint density at radius 3 is 2.88 bits per heavy atom. The molecule has 2 aromatic heterocycles. The summed E-state index contributed by atoms with van der Waals surface area (Å²) < 4.78 is 13.2. The molecule has 32 heavy (non-hydrogen) atoms. The summed E-state index contributed by atoms with van der Waals surface area (Å²) in [4.78, 5) is 11.9. The number of ether oxygens (including phenoxy) is 2. The quantitative estimate of drug-likeness (QED) is 0.451. The van der Waals surface area contributed by atoms with Gasteiger partial charge < -0.3 is 18.9 Å². The number of aromatic nitrogens is 3. The van der Waals surface area contributed by atoms with Crippen molar-refractivity contribution in [2.75, 3.05) is 49.8 Å². The lowest BCUT2D eigenvalue weighted by Crippen LogP contribution is -2.36. The van der Waals surface area contributed by atoms with Gasteiger partial charge in [-0.25, -0.2) is 9.97 Å². The number of morpholine rings is 1. The highest BCUT2D eigenvalue weighted by Crippen LogP contribution is 2.29. The van der Waals surface area contributed by atoms with Crippen LogP contribution in [-0.4, -0.2) is 59.8 Å². The first-order chi connectivity index (χ1) is 15.7. The van der Waals surface area contributed by atoms with Crippen LogP contribution in [0.15, 0.2) is 41.8 Å². The first-order valence-corrected chi connectivity index (χ1v) is 11.4. The van der Waals surface area contributed by atoms with Gasteiger partial charge in [0.25, 0.3) is 0 Å². The second kappa shape index (κ2) is 9.44. The van der Waals surface area contributed by atoms with Crippen LogP contribution in [0.3, 0.4) is 0 Å². The van der Waals surface area contributed by atoms with Crippen molar-refractivity contribution >= 4 is 40.0 Å². The van der Waals surface area contributed by atoms with E-state index in [1.54, 1.807) is 0 Å². The van der Waals surface area contributed by atoms with Crippen LogP contribution in [0, 0.1) is 5.92 Å². The van der Waals surface area contributed by atoms with Gasteiger partial charge >= 0.3 is 0 Å². The summed E-state index contributed by atoms with van der Waals surface area (Å²) in [5.41, 5.74) is 7.77. The van der Waals surface area contributed by atoms with Crippen molar-refractivity contribution in [3.63, 3.8) is 0 Å². The Morgan fingerprint density at radius 1 is 1.22 bits per heavy atom. The highest BCUT2D eigenvalue weighted by atomic mass is 35.5. The van der Waals surface area contributed by atoms with Crippen molar-refractivity contribution in [1.29, 1.82) is 0 Å². The zero-order valence-electron chi connectivity index (χ0n) is 18.1. The fraction of sp³-hybridized carbons (Fsp3) is 0.435. The molecule has 2 aliphatic heterocycles. The van der Waals surface area contributed by atoms with Crippen molar-refractivity contribution < 1.29 is 9.47 Å². The van der Waals surface area contributed by atoms with Crippen LogP contribution in [0.5, 0.6) is 0 Å². The Kier molecular flexibility index (Phi) is 6.25. The maximum Gasteiger partial charge on any atom is 0.164 e. The minimum Gasteiger partial charge on any atom is -0.381 e. The van der Waals surface area contributed by atoms with Gasteiger partial charge in [-0.2, -0.15) is 5.10 Å². The van der Waals surface area contributed by atoms with E-state index in [1.165, 1.54) is 0 Å². The third-order valence-electron chi connectivity index (χ3n) is 5.96. The molecular formula is C23H27ClN6O2. The average molecular weight is 455 g/mol. The summed E-state index contributed by atoms with van der Waals surface area (Å²) in [6.45, 7) is 7.48. The molecule has 0 aliphatic carbocycles. The summed E-state index contributed by atoms with van der Waals surface area (Å²) in [7, 11) is 0. The van der Waals surface area contributed by atoms with E-state index in [0.29, 0.717) is 30.0 Å². The molecule has 1 N–H and O–H groups in total. The number of imidazole rings is 1. The number of nitrogens with one attached hydrogen (secondary N) is 1. The molecule has 1 aromatic carbocycles. The number of rotatable bonds is 6. The third kappa shape index (κ3) is 4.57. The zero-order chi connectivity index (χ0) is 21.9. The molecule has 0 radical (unpaired) electrons. The molecule has 0 unspecified atom stereocenters. The van der Waals surface area contributed by atoms with Gasteiger partial charge in [0.2, 0.25) is 0 Å². The minimum absolute atomic E-state index is 0.487. The van der Waals surface area contributed by atoms with Gasteiger partial charge in [-0.15, -0.1) is 0 Å². The molecule has 1 atom stereocenters. The molecule has 0 amide bonds. The Hall–Kier alpha value is -2.68. The van der Waals surface area contributed by atoms with E-state index in [4.69, 9.17) is 31.0 Å². The predicted octanol–water partition coefficient (Wildman–Crippen LogP) is 3.79. The number of hydrogen-bond donors (Lipinski definition) is 1. The lowest BCUT2D eigenvalue weighted by molar-refractivity contribution is 0.123. The maximum absolute atomic E-state index is 6.13. The third-order valence-corrected chi connectivity index (χ3v) is 6.20. The topological polar surface area (TPSA) is 76.8 Å². The molecule has 0 spiro atoms. The van der Waals surface area contributed by atoms with E-state index in [1.807, 2.05) is 43.6 Å². The van der Waals surface area contributed by atoms with E-state index < -0.39 is 0 Å². The van der Waals surface area contributed by atoms with Crippen LogP contribution < -0.4 is 10.3 Å². The Balaban J connectivity index is 1.48. The monoisotopic (exact) mass is 454 g/mol. The van der Waals surface area contributed by atoms with Crippen LogP contribution in [0.2, 0.25) is 5.02 Å². The van der Waals surface area contributed by atoms with Crippen molar-refractivity contribution in [2.24, 2.45) is 11.0 Å². The number of fused-ring (bicyclic) bond motifs is 1. The fourth-order valence-corrected chi connectivity index (χ4v) is 4.37. The second-order valence-electron chi connectivity index (χ2n) is 8.24. The fourth-order valence-electron chi connectivity index (χ4n) is 4.18. The van der Waals surface area contributed by atoms with Crippen molar-refractivity contribution in [3.05, 3.63) is 47.2 Å². The molecule has 0 saturated carbocycles. The smallest absolute Gasteiger partial charge is 0.164 e. The summed E-state index contributed by atoms with van der Waals surface area (Å²) in [5.74, 6) is 1.17. The van der Waals surface area contributed by atoms with E-state index in [9.17, 15) is 0 Å². The average Bonchev–Trinajstić information content (AvgIpc) is 3.48. The van der Waals surface area contributed by atoms with Crippen LogP contribution in [0.4, 0.5) is 11.5 Å². The lowest BCUT2D eigenvalue weighted by Gasteiger charge is -2.29. The van der Waals surface area contributed by atoms with Crippen molar-refractivity contribution in [1.82, 2.24) is 14.5 Å². The first-order valence-electron chi connectivity index (χ1n) is 11.0.